The Balaban J connectivity index is 3.14. The van der Waals surface area contributed by atoms with Crippen molar-refractivity contribution in [2.75, 3.05) is 0 Å². The van der Waals surface area contributed by atoms with Crippen molar-refractivity contribution < 1.29 is 17.6 Å². The molecule has 0 aliphatic heterocycles. The fourth-order valence-corrected chi connectivity index (χ4v) is 0.802. The van der Waals surface area contributed by atoms with E-state index in [1.54, 1.807) is 0 Å². The molecular weight excluding hydrogens is 174 g/mol. The van der Waals surface area contributed by atoms with Crippen LogP contribution in [-0.2, 0) is 12.9 Å². The minimum absolute atomic E-state index is 0.426. The Labute approximate surface area is 66.0 Å². The summed E-state index contributed by atoms with van der Waals surface area (Å²) in [4.78, 5) is 3.06. The summed E-state index contributed by atoms with van der Waals surface area (Å²) < 4.78 is 48.0. The van der Waals surface area contributed by atoms with E-state index in [4.69, 9.17) is 0 Å². The lowest BCUT2D eigenvalue weighted by Gasteiger charge is -2.07. The third-order valence-electron chi connectivity index (χ3n) is 1.30. The molecule has 0 radical (unpaired) electrons. The van der Waals surface area contributed by atoms with Crippen LogP contribution in [0.1, 0.15) is 11.3 Å². The summed E-state index contributed by atoms with van der Waals surface area (Å²) in [5.74, 6) is 0. The summed E-state index contributed by atoms with van der Waals surface area (Å²) in [6, 6.07) is 2.33. The number of hydrogen-bond acceptors (Lipinski definition) is 1. The number of aromatic nitrogens is 1. The lowest BCUT2D eigenvalue weighted by Crippen LogP contribution is -2.10. The third kappa shape index (κ3) is 1.72. The molecule has 0 aliphatic carbocycles. The molecule has 12 heavy (non-hydrogen) atoms. The Morgan fingerprint density at radius 2 is 2.00 bits per heavy atom. The largest absolute Gasteiger partial charge is 0.433 e. The van der Waals surface area contributed by atoms with Crippen molar-refractivity contribution in [1.82, 2.24) is 4.98 Å². The topological polar surface area (TPSA) is 12.9 Å². The van der Waals surface area contributed by atoms with E-state index in [1.165, 1.54) is 6.07 Å². The SMILES string of the molecule is FCc1cccnc1C(F)(F)F. The van der Waals surface area contributed by atoms with Crippen LogP contribution in [0.15, 0.2) is 18.3 Å². The highest BCUT2D eigenvalue weighted by Gasteiger charge is 2.34. The van der Waals surface area contributed by atoms with Crippen molar-refractivity contribution in [3.8, 4) is 0 Å². The van der Waals surface area contributed by atoms with Crippen LogP contribution in [0.2, 0.25) is 0 Å². The highest BCUT2D eigenvalue weighted by atomic mass is 19.4. The van der Waals surface area contributed by atoms with E-state index >= 15 is 0 Å². The van der Waals surface area contributed by atoms with Gasteiger partial charge in [-0.3, -0.25) is 4.98 Å². The maximum atomic E-state index is 12.0. The van der Waals surface area contributed by atoms with Gasteiger partial charge in [0.2, 0.25) is 0 Å². The Bertz CT molecular complexity index is 268. The Morgan fingerprint density at radius 1 is 1.33 bits per heavy atom. The van der Waals surface area contributed by atoms with Crippen LogP contribution in [-0.4, -0.2) is 4.98 Å². The number of pyridine rings is 1. The number of alkyl halides is 4. The standard InChI is InChI=1S/C7H5F4N/c8-4-5-2-1-3-12-6(5)7(9,10)11/h1-3H,4H2. The summed E-state index contributed by atoms with van der Waals surface area (Å²) in [5, 5.41) is 0. The first-order valence-electron chi connectivity index (χ1n) is 3.12. The smallest absolute Gasteiger partial charge is 0.251 e. The second kappa shape index (κ2) is 3.08. The number of nitrogens with zero attached hydrogens (tertiary/aromatic N) is 1. The van der Waals surface area contributed by atoms with Crippen LogP contribution in [0.3, 0.4) is 0 Å². The maximum Gasteiger partial charge on any atom is 0.433 e. The zero-order valence-corrected chi connectivity index (χ0v) is 5.90. The number of hydrogen-bond donors (Lipinski definition) is 0. The van der Waals surface area contributed by atoms with E-state index in [1.807, 2.05) is 0 Å². The number of halogens is 4. The van der Waals surface area contributed by atoms with Crippen molar-refractivity contribution in [3.05, 3.63) is 29.6 Å². The van der Waals surface area contributed by atoms with Crippen LogP contribution >= 0.6 is 0 Å². The van der Waals surface area contributed by atoms with Gasteiger partial charge >= 0.3 is 6.18 Å². The molecule has 0 bridgehead atoms. The van der Waals surface area contributed by atoms with E-state index < -0.39 is 24.1 Å². The summed E-state index contributed by atoms with van der Waals surface area (Å²) in [6.45, 7) is -1.15. The van der Waals surface area contributed by atoms with E-state index in [-0.39, 0.29) is 0 Å². The van der Waals surface area contributed by atoms with E-state index in [2.05, 4.69) is 4.98 Å². The summed E-state index contributed by atoms with van der Waals surface area (Å²) in [7, 11) is 0. The van der Waals surface area contributed by atoms with Gasteiger partial charge in [0, 0.05) is 11.8 Å². The minimum Gasteiger partial charge on any atom is -0.251 e. The van der Waals surface area contributed by atoms with Gasteiger partial charge in [0.15, 0.2) is 0 Å². The molecule has 66 valence electrons. The number of rotatable bonds is 1. The molecule has 1 nitrogen and oxygen atoms in total. The molecule has 1 aromatic rings. The van der Waals surface area contributed by atoms with Crippen LogP contribution in [0.25, 0.3) is 0 Å². The van der Waals surface area contributed by atoms with Crippen LogP contribution in [0.5, 0.6) is 0 Å². The summed E-state index contributed by atoms with van der Waals surface area (Å²) >= 11 is 0. The third-order valence-corrected chi connectivity index (χ3v) is 1.30. The average molecular weight is 179 g/mol. The zero-order chi connectivity index (χ0) is 9.19. The first-order valence-corrected chi connectivity index (χ1v) is 3.12. The molecule has 0 spiro atoms. The fraction of sp³-hybridized carbons (Fsp3) is 0.286. The quantitative estimate of drug-likeness (QED) is 0.603. The van der Waals surface area contributed by atoms with Crippen molar-refractivity contribution in [3.63, 3.8) is 0 Å². The van der Waals surface area contributed by atoms with Gasteiger partial charge in [-0.25, -0.2) is 4.39 Å². The fourth-order valence-electron chi connectivity index (χ4n) is 0.802. The molecule has 1 heterocycles. The predicted octanol–water partition coefficient (Wildman–Crippen LogP) is 2.57. The van der Waals surface area contributed by atoms with Crippen molar-refractivity contribution in [2.24, 2.45) is 0 Å². The Hall–Kier alpha value is -1.13. The van der Waals surface area contributed by atoms with Gasteiger partial charge in [-0.05, 0) is 6.07 Å². The summed E-state index contributed by atoms with van der Waals surface area (Å²) in [6.07, 6.45) is -3.58. The van der Waals surface area contributed by atoms with Gasteiger partial charge < -0.3 is 0 Å². The molecule has 0 unspecified atom stereocenters. The molecule has 0 aliphatic rings. The lowest BCUT2D eigenvalue weighted by molar-refractivity contribution is -0.142. The Morgan fingerprint density at radius 3 is 2.42 bits per heavy atom. The summed E-state index contributed by atoms with van der Waals surface area (Å²) in [5.41, 5.74) is -1.57. The van der Waals surface area contributed by atoms with Gasteiger partial charge in [0.05, 0.1) is 0 Å². The first-order chi connectivity index (χ1) is 5.55. The van der Waals surface area contributed by atoms with Crippen LogP contribution < -0.4 is 0 Å². The molecule has 0 N–H and O–H groups in total. The van der Waals surface area contributed by atoms with Crippen LogP contribution in [0, 0.1) is 0 Å². The second-order valence-corrected chi connectivity index (χ2v) is 2.14. The van der Waals surface area contributed by atoms with Gasteiger partial charge in [0.1, 0.15) is 12.4 Å². The van der Waals surface area contributed by atoms with E-state index in [0.717, 1.165) is 12.3 Å². The van der Waals surface area contributed by atoms with Gasteiger partial charge in [0.25, 0.3) is 0 Å². The molecule has 0 aromatic carbocycles. The van der Waals surface area contributed by atoms with E-state index in [0.29, 0.717) is 0 Å². The highest BCUT2D eigenvalue weighted by Crippen LogP contribution is 2.30. The lowest BCUT2D eigenvalue weighted by atomic mass is 10.2. The average Bonchev–Trinajstić information content (AvgIpc) is 2.03. The molecule has 0 amide bonds. The molecule has 1 aromatic heterocycles. The molecular formula is C7H5F4N. The van der Waals surface area contributed by atoms with Gasteiger partial charge in [-0.15, -0.1) is 0 Å². The van der Waals surface area contributed by atoms with Crippen molar-refractivity contribution in [1.29, 1.82) is 0 Å². The minimum atomic E-state index is -4.57. The predicted molar refractivity (Wildman–Crippen MR) is 34.1 cm³/mol. The maximum absolute atomic E-state index is 12.0. The second-order valence-electron chi connectivity index (χ2n) is 2.14. The van der Waals surface area contributed by atoms with Crippen molar-refractivity contribution >= 4 is 0 Å². The normalized spacial score (nSPS) is 11.7. The first kappa shape index (κ1) is 8.96. The molecule has 0 fully saturated rings. The molecule has 0 saturated carbocycles. The highest BCUT2D eigenvalue weighted by molar-refractivity contribution is 5.21. The monoisotopic (exact) mass is 179 g/mol. The zero-order valence-electron chi connectivity index (χ0n) is 5.90. The molecule has 1 rings (SSSR count). The van der Waals surface area contributed by atoms with Gasteiger partial charge in [-0.2, -0.15) is 13.2 Å². The van der Waals surface area contributed by atoms with Crippen LogP contribution in [0.4, 0.5) is 17.6 Å². The molecule has 0 saturated heterocycles. The Kier molecular flexibility index (Phi) is 2.30. The molecule has 0 atom stereocenters. The van der Waals surface area contributed by atoms with Crippen molar-refractivity contribution in [2.45, 2.75) is 12.9 Å². The van der Waals surface area contributed by atoms with Gasteiger partial charge in [-0.1, -0.05) is 6.07 Å². The van der Waals surface area contributed by atoms with E-state index in [9.17, 15) is 17.6 Å². The molecule has 5 heteroatoms.